The highest BCUT2D eigenvalue weighted by atomic mass is 19.1. The van der Waals surface area contributed by atoms with E-state index in [0.29, 0.717) is 0 Å². The summed E-state index contributed by atoms with van der Waals surface area (Å²) < 4.78 is 30.8. The minimum absolute atomic E-state index is 0.0866. The van der Waals surface area contributed by atoms with Crippen LogP contribution in [0.25, 0.3) is 0 Å². The summed E-state index contributed by atoms with van der Waals surface area (Å²) in [6, 6.07) is 1.85. The van der Waals surface area contributed by atoms with E-state index in [1.807, 2.05) is 0 Å². The van der Waals surface area contributed by atoms with E-state index < -0.39 is 11.6 Å². The number of nitrogen functional groups attached to an aromatic ring is 1. The Morgan fingerprint density at radius 3 is 2.62 bits per heavy atom. The summed E-state index contributed by atoms with van der Waals surface area (Å²) in [5.74, 6) is -1.32. The molecule has 4 heteroatoms. The lowest BCUT2D eigenvalue weighted by atomic mass is 10.3. The molecule has 0 aliphatic heterocycles. The van der Waals surface area contributed by atoms with Crippen LogP contribution in [0.2, 0.25) is 0 Å². The van der Waals surface area contributed by atoms with Crippen molar-refractivity contribution in [3.63, 3.8) is 0 Å². The van der Waals surface area contributed by atoms with Gasteiger partial charge in [0.25, 0.3) is 0 Å². The molecule has 1 aliphatic rings. The minimum Gasteiger partial charge on any atom is -0.488 e. The largest absolute Gasteiger partial charge is 0.488 e. The summed E-state index contributed by atoms with van der Waals surface area (Å²) in [7, 11) is 0. The first-order chi connectivity index (χ1) is 6.16. The Bertz CT molecular complexity index is 337. The molecule has 0 spiro atoms. The van der Waals surface area contributed by atoms with Crippen LogP contribution in [-0.2, 0) is 0 Å². The van der Waals surface area contributed by atoms with Crippen molar-refractivity contribution in [3.05, 3.63) is 23.8 Å². The molecular formula is C9H9F2NO. The summed E-state index contributed by atoms with van der Waals surface area (Å²) in [6.07, 6.45) is 1.94. The van der Waals surface area contributed by atoms with Crippen LogP contribution >= 0.6 is 0 Å². The van der Waals surface area contributed by atoms with Crippen LogP contribution in [0.3, 0.4) is 0 Å². The summed E-state index contributed by atoms with van der Waals surface area (Å²) >= 11 is 0. The first kappa shape index (κ1) is 8.29. The second kappa shape index (κ2) is 2.87. The fourth-order valence-corrected chi connectivity index (χ4v) is 1.02. The topological polar surface area (TPSA) is 35.2 Å². The highest BCUT2D eigenvalue weighted by molar-refractivity contribution is 5.53. The van der Waals surface area contributed by atoms with Crippen molar-refractivity contribution in [2.24, 2.45) is 0 Å². The van der Waals surface area contributed by atoms with Gasteiger partial charge < -0.3 is 10.5 Å². The highest BCUT2D eigenvalue weighted by Crippen LogP contribution is 2.32. The van der Waals surface area contributed by atoms with E-state index in [1.54, 1.807) is 0 Å². The molecule has 2 nitrogen and oxygen atoms in total. The lowest BCUT2D eigenvalue weighted by Crippen LogP contribution is -2.02. The predicted molar refractivity (Wildman–Crippen MR) is 44.4 cm³/mol. The number of hydrogen-bond acceptors (Lipinski definition) is 2. The van der Waals surface area contributed by atoms with Gasteiger partial charge in [-0.15, -0.1) is 0 Å². The SMILES string of the molecule is Nc1c(F)cc(F)cc1OC1CC1. The van der Waals surface area contributed by atoms with Crippen molar-refractivity contribution >= 4 is 5.69 Å². The Kier molecular flexibility index (Phi) is 1.83. The van der Waals surface area contributed by atoms with Crippen molar-refractivity contribution in [2.75, 3.05) is 5.73 Å². The van der Waals surface area contributed by atoms with Crippen molar-refractivity contribution in [1.29, 1.82) is 0 Å². The van der Waals surface area contributed by atoms with E-state index in [-0.39, 0.29) is 17.5 Å². The van der Waals surface area contributed by atoms with E-state index in [9.17, 15) is 8.78 Å². The van der Waals surface area contributed by atoms with Crippen LogP contribution < -0.4 is 10.5 Å². The Morgan fingerprint density at radius 2 is 2.00 bits per heavy atom. The van der Waals surface area contributed by atoms with E-state index in [2.05, 4.69) is 0 Å². The average molecular weight is 185 g/mol. The van der Waals surface area contributed by atoms with Gasteiger partial charge in [0.2, 0.25) is 0 Å². The van der Waals surface area contributed by atoms with Gasteiger partial charge in [-0.1, -0.05) is 0 Å². The molecule has 0 atom stereocenters. The molecule has 2 N–H and O–H groups in total. The Balaban J connectivity index is 2.30. The van der Waals surface area contributed by atoms with Gasteiger partial charge in [0.05, 0.1) is 6.10 Å². The van der Waals surface area contributed by atoms with Crippen LogP contribution in [0.1, 0.15) is 12.8 Å². The molecule has 70 valence electrons. The zero-order valence-electron chi connectivity index (χ0n) is 6.89. The third-order valence-electron chi connectivity index (χ3n) is 1.87. The molecule has 0 unspecified atom stereocenters. The second-order valence-electron chi connectivity index (χ2n) is 3.12. The van der Waals surface area contributed by atoms with Gasteiger partial charge >= 0.3 is 0 Å². The van der Waals surface area contributed by atoms with Crippen LogP contribution in [0.15, 0.2) is 12.1 Å². The smallest absolute Gasteiger partial charge is 0.152 e. The van der Waals surface area contributed by atoms with Gasteiger partial charge in [0.1, 0.15) is 17.3 Å². The molecule has 0 heterocycles. The molecular weight excluding hydrogens is 176 g/mol. The molecule has 0 aromatic heterocycles. The summed E-state index contributed by atoms with van der Waals surface area (Å²) in [5, 5.41) is 0. The van der Waals surface area contributed by atoms with Gasteiger partial charge in [-0.2, -0.15) is 0 Å². The maximum Gasteiger partial charge on any atom is 0.152 e. The van der Waals surface area contributed by atoms with Gasteiger partial charge in [-0.3, -0.25) is 0 Å². The number of hydrogen-bond donors (Lipinski definition) is 1. The van der Waals surface area contributed by atoms with Crippen LogP contribution in [0, 0.1) is 11.6 Å². The van der Waals surface area contributed by atoms with Crippen molar-refractivity contribution in [1.82, 2.24) is 0 Å². The molecule has 13 heavy (non-hydrogen) atoms. The maximum absolute atomic E-state index is 12.9. The quantitative estimate of drug-likeness (QED) is 0.716. The van der Waals surface area contributed by atoms with Crippen LogP contribution in [-0.4, -0.2) is 6.10 Å². The number of halogens is 2. The fraction of sp³-hybridized carbons (Fsp3) is 0.333. The van der Waals surface area contributed by atoms with Gasteiger partial charge in [0.15, 0.2) is 5.82 Å². The lowest BCUT2D eigenvalue weighted by Gasteiger charge is -2.07. The summed E-state index contributed by atoms with van der Waals surface area (Å²) in [6.45, 7) is 0. The number of anilines is 1. The predicted octanol–water partition coefficient (Wildman–Crippen LogP) is 2.09. The normalized spacial score (nSPS) is 15.8. The number of benzene rings is 1. The van der Waals surface area contributed by atoms with Gasteiger partial charge in [0, 0.05) is 12.1 Å². The zero-order valence-corrected chi connectivity index (χ0v) is 6.89. The number of ether oxygens (including phenoxy) is 1. The Morgan fingerprint density at radius 1 is 1.31 bits per heavy atom. The molecule has 0 saturated heterocycles. The Hall–Kier alpha value is -1.32. The van der Waals surface area contributed by atoms with Crippen LogP contribution in [0.5, 0.6) is 5.75 Å². The average Bonchev–Trinajstić information content (AvgIpc) is 2.83. The number of rotatable bonds is 2. The minimum atomic E-state index is -0.768. The monoisotopic (exact) mass is 185 g/mol. The van der Waals surface area contributed by atoms with E-state index in [1.165, 1.54) is 0 Å². The lowest BCUT2D eigenvalue weighted by molar-refractivity contribution is 0.302. The van der Waals surface area contributed by atoms with E-state index >= 15 is 0 Å². The summed E-state index contributed by atoms with van der Waals surface area (Å²) in [4.78, 5) is 0. The molecule has 0 radical (unpaired) electrons. The summed E-state index contributed by atoms with van der Waals surface area (Å²) in [5.41, 5.74) is 5.24. The molecule has 0 amide bonds. The molecule has 1 aliphatic carbocycles. The van der Waals surface area contributed by atoms with E-state index in [0.717, 1.165) is 25.0 Å². The third kappa shape index (κ3) is 1.71. The zero-order chi connectivity index (χ0) is 9.42. The van der Waals surface area contributed by atoms with Crippen LogP contribution in [0.4, 0.5) is 14.5 Å². The van der Waals surface area contributed by atoms with Crippen molar-refractivity contribution < 1.29 is 13.5 Å². The molecule has 2 rings (SSSR count). The van der Waals surface area contributed by atoms with Crippen molar-refractivity contribution in [3.8, 4) is 5.75 Å². The molecule has 1 aromatic rings. The van der Waals surface area contributed by atoms with E-state index in [4.69, 9.17) is 10.5 Å². The standard InChI is InChI=1S/C9H9F2NO/c10-5-3-7(11)9(12)8(4-5)13-6-1-2-6/h3-4,6H,1-2,12H2. The second-order valence-corrected chi connectivity index (χ2v) is 3.12. The van der Waals surface area contributed by atoms with Crippen molar-refractivity contribution in [2.45, 2.75) is 18.9 Å². The highest BCUT2D eigenvalue weighted by Gasteiger charge is 2.25. The molecule has 1 aromatic carbocycles. The molecule has 1 fully saturated rings. The first-order valence-electron chi connectivity index (χ1n) is 4.08. The van der Waals surface area contributed by atoms with Gasteiger partial charge in [-0.25, -0.2) is 8.78 Å². The fourth-order valence-electron chi connectivity index (χ4n) is 1.02. The third-order valence-corrected chi connectivity index (χ3v) is 1.87. The molecule has 0 bridgehead atoms. The first-order valence-corrected chi connectivity index (χ1v) is 4.08. The molecule has 1 saturated carbocycles. The maximum atomic E-state index is 12.9. The number of nitrogens with two attached hydrogens (primary N) is 1. The Labute approximate surface area is 74.3 Å². The van der Waals surface area contributed by atoms with Gasteiger partial charge in [-0.05, 0) is 12.8 Å².